The minimum atomic E-state index is 0.154. The third-order valence-electron chi connectivity index (χ3n) is 3.79. The fourth-order valence-electron chi connectivity index (χ4n) is 2.67. The van der Waals surface area contributed by atoms with Crippen LogP contribution in [0.4, 0.5) is 0 Å². The topological polar surface area (TPSA) is 21.3 Å². The second-order valence-electron chi connectivity index (χ2n) is 5.48. The lowest BCUT2D eigenvalue weighted by Crippen LogP contribution is -2.43. The average Bonchev–Trinajstić information content (AvgIpc) is 2.56. The van der Waals surface area contributed by atoms with Crippen molar-refractivity contribution in [2.75, 3.05) is 19.7 Å². The van der Waals surface area contributed by atoms with Crippen LogP contribution in [0.5, 0.6) is 0 Å². The zero-order valence-corrected chi connectivity index (χ0v) is 11.9. The summed E-state index contributed by atoms with van der Waals surface area (Å²) in [5.41, 5.74) is 0.154. The summed E-state index contributed by atoms with van der Waals surface area (Å²) in [6.45, 7) is 7.59. The van der Waals surface area contributed by atoms with E-state index in [-0.39, 0.29) is 5.60 Å². The molecule has 1 N–H and O–H groups in total. The van der Waals surface area contributed by atoms with Crippen molar-refractivity contribution in [2.24, 2.45) is 0 Å². The Bertz CT molecular complexity index is 162. The minimum Gasteiger partial charge on any atom is -0.374 e. The van der Waals surface area contributed by atoms with Crippen molar-refractivity contribution in [3.63, 3.8) is 0 Å². The molecular formula is C15H31NO. The van der Waals surface area contributed by atoms with Crippen molar-refractivity contribution in [3.05, 3.63) is 0 Å². The Hall–Kier alpha value is -0.0800. The van der Waals surface area contributed by atoms with Gasteiger partial charge in [0.05, 0.1) is 5.60 Å². The number of hydrogen-bond acceptors (Lipinski definition) is 2. The van der Waals surface area contributed by atoms with Crippen molar-refractivity contribution in [1.82, 2.24) is 5.32 Å². The van der Waals surface area contributed by atoms with E-state index in [2.05, 4.69) is 19.2 Å². The Balaban J connectivity index is 2.41. The van der Waals surface area contributed by atoms with Gasteiger partial charge in [0, 0.05) is 13.2 Å². The molecule has 0 amide bonds. The van der Waals surface area contributed by atoms with Crippen LogP contribution in [-0.2, 0) is 4.74 Å². The Kier molecular flexibility index (Phi) is 7.87. The van der Waals surface area contributed by atoms with Gasteiger partial charge in [-0.2, -0.15) is 0 Å². The molecule has 102 valence electrons. The summed E-state index contributed by atoms with van der Waals surface area (Å²) in [4.78, 5) is 0. The maximum absolute atomic E-state index is 6.28. The van der Waals surface area contributed by atoms with E-state index in [1.165, 1.54) is 57.8 Å². The van der Waals surface area contributed by atoms with Gasteiger partial charge >= 0.3 is 0 Å². The molecule has 0 unspecified atom stereocenters. The molecule has 0 aromatic rings. The molecule has 1 fully saturated rings. The predicted octanol–water partition coefficient (Wildman–Crippen LogP) is 3.90. The van der Waals surface area contributed by atoms with Crippen molar-refractivity contribution in [1.29, 1.82) is 0 Å². The molecule has 1 aliphatic rings. The van der Waals surface area contributed by atoms with Crippen LogP contribution in [0, 0.1) is 0 Å². The first-order chi connectivity index (χ1) is 8.33. The highest BCUT2D eigenvalue weighted by Crippen LogP contribution is 2.30. The van der Waals surface area contributed by atoms with Crippen LogP contribution in [0.2, 0.25) is 0 Å². The molecule has 0 atom stereocenters. The molecule has 2 heteroatoms. The average molecular weight is 241 g/mol. The van der Waals surface area contributed by atoms with Gasteiger partial charge in [0.2, 0.25) is 0 Å². The molecule has 0 bridgehead atoms. The molecule has 0 spiro atoms. The molecule has 2 nitrogen and oxygen atoms in total. The molecule has 0 heterocycles. The van der Waals surface area contributed by atoms with Crippen LogP contribution in [0.15, 0.2) is 0 Å². The highest BCUT2D eigenvalue weighted by Gasteiger charge is 2.31. The van der Waals surface area contributed by atoms with Gasteiger partial charge in [0.15, 0.2) is 0 Å². The summed E-state index contributed by atoms with van der Waals surface area (Å²) in [6.07, 6.45) is 11.7. The molecule has 0 aromatic carbocycles. The fraction of sp³-hybridized carbons (Fsp3) is 1.00. The summed E-state index contributed by atoms with van der Waals surface area (Å²) in [5, 5.41) is 3.58. The molecule has 0 saturated heterocycles. The smallest absolute Gasteiger partial charge is 0.0806 e. The zero-order chi connectivity index (χ0) is 12.4. The zero-order valence-electron chi connectivity index (χ0n) is 11.9. The molecule has 0 aliphatic heterocycles. The number of rotatable bonds is 8. The van der Waals surface area contributed by atoms with Crippen LogP contribution in [0.3, 0.4) is 0 Å². The fourth-order valence-corrected chi connectivity index (χ4v) is 2.67. The van der Waals surface area contributed by atoms with Crippen LogP contribution in [0.1, 0.15) is 71.6 Å². The summed E-state index contributed by atoms with van der Waals surface area (Å²) in [6, 6.07) is 0. The number of ether oxygens (including phenoxy) is 1. The first kappa shape index (κ1) is 15.0. The molecular weight excluding hydrogens is 210 g/mol. The van der Waals surface area contributed by atoms with Crippen LogP contribution in [-0.4, -0.2) is 25.3 Å². The third-order valence-corrected chi connectivity index (χ3v) is 3.79. The van der Waals surface area contributed by atoms with E-state index in [1.54, 1.807) is 0 Å². The Morgan fingerprint density at radius 1 is 1.00 bits per heavy atom. The van der Waals surface area contributed by atoms with Crippen LogP contribution >= 0.6 is 0 Å². The highest BCUT2D eigenvalue weighted by atomic mass is 16.5. The largest absolute Gasteiger partial charge is 0.374 e. The Labute approximate surface area is 108 Å². The van der Waals surface area contributed by atoms with E-state index in [0.29, 0.717) is 0 Å². The quantitative estimate of drug-likeness (QED) is 0.514. The van der Waals surface area contributed by atoms with E-state index in [4.69, 9.17) is 4.74 Å². The number of hydrogen-bond donors (Lipinski definition) is 1. The van der Waals surface area contributed by atoms with Crippen LogP contribution < -0.4 is 5.32 Å². The molecule has 1 saturated carbocycles. The maximum atomic E-state index is 6.28. The van der Waals surface area contributed by atoms with Gasteiger partial charge in [-0.15, -0.1) is 0 Å². The van der Waals surface area contributed by atoms with Gasteiger partial charge in [0.25, 0.3) is 0 Å². The highest BCUT2D eigenvalue weighted by molar-refractivity contribution is 4.85. The molecule has 0 radical (unpaired) electrons. The molecule has 1 aliphatic carbocycles. The molecule has 17 heavy (non-hydrogen) atoms. The Morgan fingerprint density at radius 2 is 1.71 bits per heavy atom. The van der Waals surface area contributed by atoms with E-state index < -0.39 is 0 Å². The van der Waals surface area contributed by atoms with Gasteiger partial charge in [-0.05, 0) is 32.2 Å². The summed E-state index contributed by atoms with van der Waals surface area (Å²) in [5.74, 6) is 0. The summed E-state index contributed by atoms with van der Waals surface area (Å²) in [7, 11) is 0. The van der Waals surface area contributed by atoms with Gasteiger partial charge in [-0.25, -0.2) is 0 Å². The standard InChI is InChI=1S/C15H31NO/c1-3-5-13-17-15(14-16-12-4-2)10-8-6-7-9-11-15/h16H,3-14H2,1-2H3. The lowest BCUT2D eigenvalue weighted by molar-refractivity contribution is -0.0558. The minimum absolute atomic E-state index is 0.154. The second-order valence-corrected chi connectivity index (χ2v) is 5.48. The van der Waals surface area contributed by atoms with Crippen molar-refractivity contribution in [2.45, 2.75) is 77.2 Å². The number of nitrogens with one attached hydrogen (secondary N) is 1. The maximum Gasteiger partial charge on any atom is 0.0806 e. The predicted molar refractivity (Wildman–Crippen MR) is 74.5 cm³/mol. The van der Waals surface area contributed by atoms with Gasteiger partial charge in [0.1, 0.15) is 0 Å². The first-order valence-corrected chi connectivity index (χ1v) is 7.67. The van der Waals surface area contributed by atoms with Crippen molar-refractivity contribution >= 4 is 0 Å². The Morgan fingerprint density at radius 3 is 2.29 bits per heavy atom. The molecule has 1 rings (SSSR count). The lowest BCUT2D eigenvalue weighted by Gasteiger charge is -2.33. The first-order valence-electron chi connectivity index (χ1n) is 7.67. The SMILES string of the molecule is CCCCOC1(CNCCC)CCCCCC1. The van der Waals surface area contributed by atoms with E-state index in [0.717, 1.165) is 19.7 Å². The van der Waals surface area contributed by atoms with Crippen molar-refractivity contribution in [3.8, 4) is 0 Å². The van der Waals surface area contributed by atoms with Crippen molar-refractivity contribution < 1.29 is 4.74 Å². The van der Waals surface area contributed by atoms with E-state index in [9.17, 15) is 0 Å². The third kappa shape index (κ3) is 5.87. The van der Waals surface area contributed by atoms with Crippen LogP contribution in [0.25, 0.3) is 0 Å². The summed E-state index contributed by atoms with van der Waals surface area (Å²) >= 11 is 0. The van der Waals surface area contributed by atoms with Gasteiger partial charge in [-0.1, -0.05) is 46.0 Å². The monoisotopic (exact) mass is 241 g/mol. The lowest BCUT2D eigenvalue weighted by atomic mass is 9.94. The summed E-state index contributed by atoms with van der Waals surface area (Å²) < 4.78 is 6.28. The number of unbranched alkanes of at least 4 members (excludes halogenated alkanes) is 1. The normalized spacial score (nSPS) is 20.1. The molecule has 0 aromatic heterocycles. The van der Waals surface area contributed by atoms with Gasteiger partial charge in [-0.3, -0.25) is 0 Å². The van der Waals surface area contributed by atoms with Gasteiger partial charge < -0.3 is 10.1 Å². The van der Waals surface area contributed by atoms with E-state index in [1.807, 2.05) is 0 Å². The second kappa shape index (κ2) is 8.93. The van der Waals surface area contributed by atoms with E-state index >= 15 is 0 Å².